The van der Waals surface area contributed by atoms with Crippen molar-refractivity contribution in [2.45, 2.75) is 12.6 Å². The molecule has 1 saturated heterocycles. The first-order valence-electron chi connectivity index (χ1n) is 6.20. The zero-order valence-corrected chi connectivity index (χ0v) is 10.8. The SMILES string of the molecule is COC(Cc1cccc(N)c1N)N1CCOCC1. The minimum Gasteiger partial charge on any atom is -0.397 e. The van der Waals surface area contributed by atoms with E-state index in [1.54, 1.807) is 7.11 Å². The molecule has 0 aromatic heterocycles. The lowest BCUT2D eigenvalue weighted by molar-refractivity contribution is -0.0777. The molecular weight excluding hydrogens is 230 g/mol. The van der Waals surface area contributed by atoms with Crippen LogP contribution in [-0.2, 0) is 15.9 Å². The fraction of sp³-hybridized carbons (Fsp3) is 0.538. The standard InChI is InChI=1S/C13H21N3O2/c1-17-12(16-5-7-18-8-6-16)9-10-3-2-4-11(14)13(10)15/h2-4,12H,5-9,14-15H2,1H3. The van der Waals surface area contributed by atoms with E-state index in [-0.39, 0.29) is 6.23 Å². The first kappa shape index (κ1) is 13.1. The Labute approximate surface area is 108 Å². The van der Waals surface area contributed by atoms with Crippen molar-refractivity contribution < 1.29 is 9.47 Å². The number of methoxy groups -OCH3 is 1. The Kier molecular flexibility index (Phi) is 4.41. The summed E-state index contributed by atoms with van der Waals surface area (Å²) in [5.74, 6) is 0. The molecule has 1 atom stereocenters. The van der Waals surface area contributed by atoms with Gasteiger partial charge in [0.05, 0.1) is 24.6 Å². The van der Waals surface area contributed by atoms with Gasteiger partial charge in [-0.2, -0.15) is 0 Å². The molecular formula is C13H21N3O2. The van der Waals surface area contributed by atoms with Crippen LogP contribution in [0.15, 0.2) is 18.2 Å². The maximum Gasteiger partial charge on any atom is 0.114 e. The number of morpholine rings is 1. The summed E-state index contributed by atoms with van der Waals surface area (Å²) >= 11 is 0. The van der Waals surface area contributed by atoms with Crippen molar-refractivity contribution in [2.75, 3.05) is 44.9 Å². The van der Waals surface area contributed by atoms with Gasteiger partial charge in [0.15, 0.2) is 0 Å². The Morgan fingerprint density at radius 2 is 2.06 bits per heavy atom. The van der Waals surface area contributed by atoms with Gasteiger partial charge in [0.2, 0.25) is 0 Å². The van der Waals surface area contributed by atoms with Gasteiger partial charge in [-0.05, 0) is 11.6 Å². The molecule has 1 unspecified atom stereocenters. The molecule has 0 amide bonds. The Balaban J connectivity index is 2.07. The second kappa shape index (κ2) is 6.04. The number of anilines is 2. The zero-order valence-electron chi connectivity index (χ0n) is 10.8. The van der Waals surface area contributed by atoms with E-state index in [0.717, 1.165) is 38.3 Å². The van der Waals surface area contributed by atoms with E-state index in [0.29, 0.717) is 11.4 Å². The number of hydrogen-bond donors (Lipinski definition) is 2. The summed E-state index contributed by atoms with van der Waals surface area (Å²) in [6, 6.07) is 5.74. The lowest BCUT2D eigenvalue weighted by atomic mass is 10.1. The minimum absolute atomic E-state index is 0.0259. The van der Waals surface area contributed by atoms with Gasteiger partial charge in [0, 0.05) is 26.6 Å². The quantitative estimate of drug-likeness (QED) is 0.771. The normalized spacial score (nSPS) is 18.7. The van der Waals surface area contributed by atoms with E-state index in [1.165, 1.54) is 0 Å². The molecule has 4 N–H and O–H groups in total. The van der Waals surface area contributed by atoms with Crippen LogP contribution in [0.5, 0.6) is 0 Å². The van der Waals surface area contributed by atoms with Gasteiger partial charge in [-0.1, -0.05) is 12.1 Å². The second-order valence-corrected chi connectivity index (χ2v) is 4.46. The minimum atomic E-state index is 0.0259. The predicted octanol–water partition coefficient (Wildman–Crippen LogP) is 0.698. The van der Waals surface area contributed by atoms with E-state index in [9.17, 15) is 0 Å². The molecule has 1 heterocycles. The molecule has 0 aliphatic carbocycles. The molecule has 1 aromatic rings. The molecule has 0 radical (unpaired) electrons. The van der Waals surface area contributed by atoms with Crippen LogP contribution < -0.4 is 11.5 Å². The molecule has 2 rings (SSSR count). The molecule has 1 aromatic carbocycles. The zero-order chi connectivity index (χ0) is 13.0. The van der Waals surface area contributed by atoms with Gasteiger partial charge in [0.1, 0.15) is 6.23 Å². The second-order valence-electron chi connectivity index (χ2n) is 4.46. The molecule has 18 heavy (non-hydrogen) atoms. The fourth-order valence-electron chi connectivity index (χ4n) is 2.23. The van der Waals surface area contributed by atoms with Gasteiger partial charge in [0.25, 0.3) is 0 Å². The van der Waals surface area contributed by atoms with Crippen LogP contribution in [0.1, 0.15) is 5.56 Å². The van der Waals surface area contributed by atoms with Gasteiger partial charge >= 0.3 is 0 Å². The topological polar surface area (TPSA) is 73.7 Å². The largest absolute Gasteiger partial charge is 0.397 e. The highest BCUT2D eigenvalue weighted by molar-refractivity contribution is 5.67. The number of para-hydroxylation sites is 1. The van der Waals surface area contributed by atoms with Crippen LogP contribution in [0.25, 0.3) is 0 Å². The molecule has 0 bridgehead atoms. The molecule has 100 valence electrons. The number of nitrogens with zero attached hydrogens (tertiary/aromatic N) is 1. The van der Waals surface area contributed by atoms with Crippen molar-refractivity contribution in [1.29, 1.82) is 0 Å². The average molecular weight is 251 g/mol. The monoisotopic (exact) mass is 251 g/mol. The molecule has 0 saturated carbocycles. The first-order chi connectivity index (χ1) is 8.72. The molecule has 1 aliphatic rings. The van der Waals surface area contributed by atoms with Crippen LogP contribution in [-0.4, -0.2) is 44.5 Å². The van der Waals surface area contributed by atoms with E-state index >= 15 is 0 Å². The molecule has 1 aliphatic heterocycles. The number of hydrogen-bond acceptors (Lipinski definition) is 5. The third-order valence-corrected chi connectivity index (χ3v) is 3.35. The Hall–Kier alpha value is -1.30. The van der Waals surface area contributed by atoms with Gasteiger partial charge in [-0.25, -0.2) is 0 Å². The number of nitrogen functional groups attached to an aromatic ring is 2. The maximum atomic E-state index is 5.99. The van der Waals surface area contributed by atoms with E-state index in [4.69, 9.17) is 20.9 Å². The third-order valence-electron chi connectivity index (χ3n) is 3.35. The summed E-state index contributed by atoms with van der Waals surface area (Å²) in [6.07, 6.45) is 0.769. The first-order valence-corrected chi connectivity index (χ1v) is 6.20. The average Bonchev–Trinajstić information content (AvgIpc) is 2.41. The number of nitrogens with two attached hydrogens (primary N) is 2. The van der Waals surface area contributed by atoms with Crippen LogP contribution in [0.2, 0.25) is 0 Å². The summed E-state index contributed by atoms with van der Waals surface area (Å²) in [4.78, 5) is 2.27. The summed E-state index contributed by atoms with van der Waals surface area (Å²) in [6.45, 7) is 3.29. The summed E-state index contributed by atoms with van der Waals surface area (Å²) < 4.78 is 10.9. The van der Waals surface area contributed by atoms with E-state index in [2.05, 4.69) is 4.90 Å². The lowest BCUT2D eigenvalue weighted by Crippen LogP contribution is -2.45. The van der Waals surface area contributed by atoms with Crippen molar-refractivity contribution in [3.8, 4) is 0 Å². The molecule has 5 heteroatoms. The van der Waals surface area contributed by atoms with Crippen molar-refractivity contribution in [3.05, 3.63) is 23.8 Å². The van der Waals surface area contributed by atoms with Gasteiger partial charge < -0.3 is 20.9 Å². The molecule has 0 spiro atoms. The molecule has 5 nitrogen and oxygen atoms in total. The fourth-order valence-corrected chi connectivity index (χ4v) is 2.23. The number of ether oxygens (including phenoxy) is 2. The van der Waals surface area contributed by atoms with Crippen LogP contribution in [0.3, 0.4) is 0 Å². The van der Waals surface area contributed by atoms with E-state index in [1.807, 2.05) is 18.2 Å². The number of benzene rings is 1. The summed E-state index contributed by atoms with van der Waals surface area (Å²) in [5, 5.41) is 0. The highest BCUT2D eigenvalue weighted by Gasteiger charge is 2.21. The lowest BCUT2D eigenvalue weighted by Gasteiger charge is -2.33. The predicted molar refractivity (Wildman–Crippen MR) is 72.2 cm³/mol. The van der Waals surface area contributed by atoms with Crippen molar-refractivity contribution in [3.63, 3.8) is 0 Å². The van der Waals surface area contributed by atoms with Crippen LogP contribution in [0, 0.1) is 0 Å². The van der Waals surface area contributed by atoms with Gasteiger partial charge in [-0.3, -0.25) is 4.90 Å². The molecule has 1 fully saturated rings. The van der Waals surface area contributed by atoms with Crippen molar-refractivity contribution >= 4 is 11.4 Å². The highest BCUT2D eigenvalue weighted by atomic mass is 16.5. The van der Waals surface area contributed by atoms with E-state index < -0.39 is 0 Å². The summed E-state index contributed by atoms with van der Waals surface area (Å²) in [7, 11) is 1.72. The van der Waals surface area contributed by atoms with Crippen molar-refractivity contribution in [2.24, 2.45) is 0 Å². The number of rotatable bonds is 4. The summed E-state index contributed by atoms with van der Waals surface area (Å²) in [5.41, 5.74) is 14.1. The smallest absolute Gasteiger partial charge is 0.114 e. The third kappa shape index (κ3) is 2.93. The van der Waals surface area contributed by atoms with Crippen LogP contribution in [0.4, 0.5) is 11.4 Å². The van der Waals surface area contributed by atoms with Crippen LogP contribution >= 0.6 is 0 Å². The Morgan fingerprint density at radius 3 is 2.72 bits per heavy atom. The maximum absolute atomic E-state index is 5.99. The van der Waals surface area contributed by atoms with Crippen molar-refractivity contribution in [1.82, 2.24) is 4.90 Å². The highest BCUT2D eigenvalue weighted by Crippen LogP contribution is 2.22. The Bertz CT molecular complexity index is 392. The van der Waals surface area contributed by atoms with Gasteiger partial charge in [-0.15, -0.1) is 0 Å². The Morgan fingerprint density at radius 1 is 1.33 bits per heavy atom.